The number of benzene rings is 3. The zero-order valence-electron chi connectivity index (χ0n) is 18.3. The average molecular weight is 483 g/mol. The van der Waals surface area contributed by atoms with Gasteiger partial charge in [0.1, 0.15) is 10.7 Å². The molecule has 0 atom stereocenters. The fourth-order valence-corrected chi connectivity index (χ4v) is 4.51. The Labute approximate surface area is 203 Å². The third-order valence-electron chi connectivity index (χ3n) is 5.07. The van der Waals surface area contributed by atoms with E-state index in [-0.39, 0.29) is 27.0 Å². The van der Waals surface area contributed by atoms with E-state index < -0.39 is 16.4 Å². The lowest BCUT2D eigenvalue weighted by Crippen LogP contribution is -2.33. The molecule has 0 saturated heterocycles. The van der Waals surface area contributed by atoms with Crippen LogP contribution in [0.3, 0.4) is 0 Å². The van der Waals surface area contributed by atoms with Gasteiger partial charge in [-0.25, -0.2) is 0 Å². The van der Waals surface area contributed by atoms with E-state index in [0.29, 0.717) is 11.3 Å². The van der Waals surface area contributed by atoms with Gasteiger partial charge in [-0.15, -0.1) is 11.3 Å². The molecule has 0 aliphatic rings. The Hall–Kier alpha value is -4.81. The fraction of sp³-hybridized carbons (Fsp3) is 0.0385. The molecule has 1 N–H and O–H groups in total. The summed E-state index contributed by atoms with van der Waals surface area (Å²) in [6.45, 7) is 0.221. The van der Waals surface area contributed by atoms with Gasteiger partial charge in [0, 0.05) is 18.7 Å². The summed E-state index contributed by atoms with van der Waals surface area (Å²) in [6, 6.07) is 25.8. The number of carbonyl (C=O) groups is 1. The summed E-state index contributed by atoms with van der Waals surface area (Å²) in [5.41, 5.74) is 1.06. The Kier molecular flexibility index (Phi) is 6.95. The number of nitro benzene ring substituents is 1. The van der Waals surface area contributed by atoms with Gasteiger partial charge >= 0.3 is 0 Å². The van der Waals surface area contributed by atoms with Crippen LogP contribution in [-0.4, -0.2) is 15.4 Å². The predicted octanol–water partition coefficient (Wildman–Crippen LogP) is 2.63. The first-order valence-corrected chi connectivity index (χ1v) is 11.3. The molecule has 0 bridgehead atoms. The molecule has 8 nitrogen and oxygen atoms in total. The van der Waals surface area contributed by atoms with Crippen LogP contribution in [0, 0.1) is 21.4 Å². The molecule has 35 heavy (non-hydrogen) atoms. The van der Waals surface area contributed by atoms with Gasteiger partial charge in [0.25, 0.3) is 17.2 Å². The van der Waals surface area contributed by atoms with Gasteiger partial charge in [-0.1, -0.05) is 60.7 Å². The number of rotatable bonds is 6. The SMILES string of the molecule is N#C/C(C(=O)NCc1ccccc1)=c1\s/c(=C/c2cccc([N+](=O)[O-])c2)c(=O)n1-c1ccccc1. The third kappa shape index (κ3) is 5.24. The molecule has 0 aliphatic heterocycles. The standard InChI is InChI=1S/C26H18N4O4S/c27-16-22(24(31)28-17-18-8-3-1-4-9-18)26-29(20-11-5-2-6-12-20)25(32)23(35-26)15-19-10-7-13-21(14-19)30(33)34/h1-15H,17H2,(H,28,31)/b23-15+,26-22+. The highest BCUT2D eigenvalue weighted by atomic mass is 32.1. The minimum Gasteiger partial charge on any atom is -0.347 e. The van der Waals surface area contributed by atoms with Gasteiger partial charge in [0.05, 0.1) is 15.1 Å². The number of thiazole rings is 1. The molecule has 0 spiro atoms. The van der Waals surface area contributed by atoms with Crippen molar-refractivity contribution in [2.45, 2.75) is 6.54 Å². The molecule has 1 heterocycles. The Morgan fingerprint density at radius 1 is 1.06 bits per heavy atom. The number of hydrogen-bond acceptors (Lipinski definition) is 6. The lowest BCUT2D eigenvalue weighted by molar-refractivity contribution is -0.384. The van der Waals surface area contributed by atoms with E-state index in [9.17, 15) is 25.0 Å². The molecule has 1 amide bonds. The molecule has 0 fully saturated rings. The minimum absolute atomic E-state index is 0.108. The lowest BCUT2D eigenvalue weighted by Gasteiger charge is -2.06. The van der Waals surface area contributed by atoms with Crippen molar-refractivity contribution in [1.82, 2.24) is 9.88 Å². The van der Waals surface area contributed by atoms with E-state index >= 15 is 0 Å². The van der Waals surface area contributed by atoms with Gasteiger partial charge < -0.3 is 5.32 Å². The van der Waals surface area contributed by atoms with Crippen molar-refractivity contribution < 1.29 is 9.72 Å². The highest BCUT2D eigenvalue weighted by Crippen LogP contribution is 2.13. The molecule has 4 rings (SSSR count). The van der Waals surface area contributed by atoms with E-state index in [1.165, 1.54) is 28.8 Å². The van der Waals surface area contributed by atoms with Crippen LogP contribution in [0.4, 0.5) is 5.69 Å². The zero-order valence-corrected chi connectivity index (χ0v) is 19.1. The number of hydrogen-bond donors (Lipinski definition) is 1. The van der Waals surface area contributed by atoms with Crippen molar-refractivity contribution in [2.75, 3.05) is 0 Å². The number of para-hydroxylation sites is 1. The van der Waals surface area contributed by atoms with Gasteiger partial charge in [0.2, 0.25) is 0 Å². The van der Waals surface area contributed by atoms with Crippen LogP contribution in [0.1, 0.15) is 11.1 Å². The molecule has 3 aromatic carbocycles. The van der Waals surface area contributed by atoms with Gasteiger partial charge in [-0.3, -0.25) is 24.3 Å². The summed E-state index contributed by atoms with van der Waals surface area (Å²) in [5.74, 6) is -0.607. The maximum Gasteiger partial charge on any atom is 0.273 e. The van der Waals surface area contributed by atoms with Gasteiger partial charge in [-0.05, 0) is 29.3 Å². The van der Waals surface area contributed by atoms with Crippen LogP contribution >= 0.6 is 11.3 Å². The number of nitriles is 1. The summed E-state index contributed by atoms with van der Waals surface area (Å²) in [5, 5.41) is 23.7. The zero-order chi connectivity index (χ0) is 24.8. The second-order valence-electron chi connectivity index (χ2n) is 7.40. The summed E-state index contributed by atoms with van der Waals surface area (Å²) < 4.78 is 1.72. The summed E-state index contributed by atoms with van der Waals surface area (Å²) in [7, 11) is 0. The van der Waals surface area contributed by atoms with Crippen molar-refractivity contribution in [3.8, 4) is 11.8 Å². The number of non-ortho nitro benzene ring substituents is 1. The Balaban J connectivity index is 1.88. The Bertz CT molecular complexity index is 1620. The minimum atomic E-state index is -0.607. The van der Waals surface area contributed by atoms with E-state index in [4.69, 9.17) is 0 Å². The molecule has 0 radical (unpaired) electrons. The normalized spacial score (nSPS) is 12.0. The largest absolute Gasteiger partial charge is 0.347 e. The first-order valence-electron chi connectivity index (χ1n) is 10.5. The molecule has 1 aromatic heterocycles. The van der Waals surface area contributed by atoms with Crippen LogP contribution in [0.2, 0.25) is 0 Å². The van der Waals surface area contributed by atoms with Crippen LogP contribution in [0.5, 0.6) is 0 Å². The maximum atomic E-state index is 13.4. The average Bonchev–Trinajstić information content (AvgIpc) is 3.19. The molecular formula is C26H18N4O4S. The van der Waals surface area contributed by atoms with Crippen LogP contribution in [0.25, 0.3) is 17.3 Å². The van der Waals surface area contributed by atoms with E-state index in [0.717, 1.165) is 16.9 Å². The molecule has 0 saturated carbocycles. The third-order valence-corrected chi connectivity index (χ3v) is 6.16. The second-order valence-corrected chi connectivity index (χ2v) is 8.43. The molecule has 4 aromatic rings. The summed E-state index contributed by atoms with van der Waals surface area (Å²) in [4.78, 5) is 37.0. The van der Waals surface area contributed by atoms with Crippen molar-refractivity contribution in [2.24, 2.45) is 0 Å². The van der Waals surface area contributed by atoms with Gasteiger partial charge in [-0.2, -0.15) is 5.26 Å². The Morgan fingerprint density at radius 3 is 2.40 bits per heavy atom. The first kappa shape index (κ1) is 23.4. The number of aromatic nitrogens is 1. The van der Waals surface area contributed by atoms with Gasteiger partial charge in [0.15, 0.2) is 5.57 Å². The highest BCUT2D eigenvalue weighted by Gasteiger charge is 2.17. The van der Waals surface area contributed by atoms with Crippen molar-refractivity contribution in [3.63, 3.8) is 0 Å². The van der Waals surface area contributed by atoms with Crippen molar-refractivity contribution >= 4 is 34.6 Å². The van der Waals surface area contributed by atoms with E-state index in [2.05, 4.69) is 5.32 Å². The molecule has 172 valence electrons. The number of nitrogens with zero attached hydrogens (tertiary/aromatic N) is 3. The van der Waals surface area contributed by atoms with E-state index in [1.807, 2.05) is 36.4 Å². The number of amides is 1. The first-order chi connectivity index (χ1) is 17.0. The van der Waals surface area contributed by atoms with E-state index in [1.54, 1.807) is 36.4 Å². The molecule has 0 aliphatic carbocycles. The van der Waals surface area contributed by atoms with Crippen LogP contribution in [-0.2, 0) is 11.3 Å². The number of nitrogens with one attached hydrogen (secondary N) is 1. The van der Waals surface area contributed by atoms with Crippen LogP contribution < -0.4 is 20.1 Å². The smallest absolute Gasteiger partial charge is 0.273 e. The Morgan fingerprint density at radius 2 is 1.74 bits per heavy atom. The van der Waals surface area contributed by atoms with Crippen LogP contribution in [0.15, 0.2) is 89.7 Å². The molecule has 9 heteroatoms. The van der Waals surface area contributed by atoms with Crippen molar-refractivity contribution in [3.05, 3.63) is 126 Å². The number of nitro groups is 1. The molecule has 0 unspecified atom stereocenters. The topological polar surface area (TPSA) is 118 Å². The fourth-order valence-electron chi connectivity index (χ4n) is 3.40. The monoisotopic (exact) mass is 482 g/mol. The highest BCUT2D eigenvalue weighted by molar-refractivity contribution is 7.07. The molecular weight excluding hydrogens is 464 g/mol. The van der Waals surface area contributed by atoms with Crippen molar-refractivity contribution in [1.29, 1.82) is 5.26 Å². The quantitative estimate of drug-likeness (QED) is 0.335. The lowest BCUT2D eigenvalue weighted by atomic mass is 10.2. The predicted molar refractivity (Wildman–Crippen MR) is 133 cm³/mol. The maximum absolute atomic E-state index is 13.4. The summed E-state index contributed by atoms with van der Waals surface area (Å²) >= 11 is 0.977. The second kappa shape index (κ2) is 10.4. The summed E-state index contributed by atoms with van der Waals surface area (Å²) in [6.07, 6.45) is 1.51. The number of carbonyl (C=O) groups excluding carboxylic acids is 1.